The van der Waals surface area contributed by atoms with Crippen LogP contribution in [-0.2, 0) is 9.84 Å². The Morgan fingerprint density at radius 2 is 2.17 bits per heavy atom. The van der Waals surface area contributed by atoms with Gasteiger partial charge in [-0.3, -0.25) is 4.79 Å². The lowest BCUT2D eigenvalue weighted by Gasteiger charge is -2.38. The molecule has 1 saturated heterocycles. The summed E-state index contributed by atoms with van der Waals surface area (Å²) >= 11 is 0. The molecule has 1 aliphatic rings. The first-order chi connectivity index (χ1) is 8.40. The van der Waals surface area contributed by atoms with Crippen molar-refractivity contribution in [3.63, 3.8) is 0 Å². The minimum atomic E-state index is -3.08. The monoisotopic (exact) mass is 271 g/mol. The molecule has 0 unspecified atom stereocenters. The molecule has 0 bridgehead atoms. The Labute approximate surface area is 107 Å². The lowest BCUT2D eigenvalue weighted by atomic mass is 10.2. The van der Waals surface area contributed by atoms with Crippen LogP contribution < -0.4 is 0 Å². The van der Waals surface area contributed by atoms with Crippen LogP contribution in [0.15, 0.2) is 23.0 Å². The van der Waals surface area contributed by atoms with E-state index < -0.39 is 15.1 Å². The molecule has 0 radical (unpaired) electrons. The van der Waals surface area contributed by atoms with Gasteiger partial charge in [0.1, 0.15) is 6.26 Å². The summed E-state index contributed by atoms with van der Waals surface area (Å²) in [5.41, 5.74) is 0.467. The van der Waals surface area contributed by atoms with Crippen molar-refractivity contribution >= 4 is 15.7 Å². The van der Waals surface area contributed by atoms with Crippen molar-refractivity contribution in [3.05, 3.63) is 24.2 Å². The van der Waals surface area contributed by atoms with Gasteiger partial charge in [0, 0.05) is 13.1 Å². The highest BCUT2D eigenvalue weighted by molar-refractivity contribution is 7.92. The van der Waals surface area contributed by atoms with Gasteiger partial charge in [-0.1, -0.05) is 13.8 Å². The summed E-state index contributed by atoms with van der Waals surface area (Å²) in [4.78, 5) is 13.4. The molecular weight excluding hydrogens is 254 g/mol. The molecule has 1 aliphatic heterocycles. The van der Waals surface area contributed by atoms with Gasteiger partial charge in [0.2, 0.25) is 0 Å². The fourth-order valence-electron chi connectivity index (χ4n) is 2.00. The van der Waals surface area contributed by atoms with Gasteiger partial charge in [0.05, 0.1) is 22.8 Å². The maximum atomic E-state index is 11.9. The van der Waals surface area contributed by atoms with Crippen LogP contribution >= 0.6 is 0 Å². The molecule has 1 amide bonds. The summed E-state index contributed by atoms with van der Waals surface area (Å²) in [6.07, 6.45) is 2.80. The van der Waals surface area contributed by atoms with Crippen molar-refractivity contribution in [3.8, 4) is 0 Å². The number of furan rings is 1. The number of nitrogens with zero attached hydrogens (tertiary/aromatic N) is 1. The van der Waals surface area contributed by atoms with E-state index in [1.165, 1.54) is 17.4 Å². The Morgan fingerprint density at radius 3 is 2.67 bits per heavy atom. The molecule has 0 saturated carbocycles. The van der Waals surface area contributed by atoms with E-state index in [0.717, 1.165) is 0 Å². The minimum absolute atomic E-state index is 0.119. The predicted molar refractivity (Wildman–Crippen MR) is 67.0 cm³/mol. The van der Waals surface area contributed by atoms with Gasteiger partial charge in [-0.15, -0.1) is 0 Å². The summed E-state index contributed by atoms with van der Waals surface area (Å²) in [7, 11) is -3.08. The number of hydrogen-bond donors (Lipinski definition) is 0. The largest absolute Gasteiger partial charge is 0.472 e. The molecule has 0 aromatic carbocycles. The van der Waals surface area contributed by atoms with E-state index in [4.69, 9.17) is 4.42 Å². The smallest absolute Gasteiger partial charge is 0.257 e. The van der Waals surface area contributed by atoms with E-state index in [-0.39, 0.29) is 17.6 Å². The van der Waals surface area contributed by atoms with Crippen LogP contribution in [0.2, 0.25) is 0 Å². The van der Waals surface area contributed by atoms with E-state index in [1.54, 1.807) is 6.07 Å². The van der Waals surface area contributed by atoms with Crippen molar-refractivity contribution in [1.29, 1.82) is 0 Å². The third kappa shape index (κ3) is 2.58. The van der Waals surface area contributed by atoms with Crippen molar-refractivity contribution < 1.29 is 17.6 Å². The molecule has 100 valence electrons. The second-order valence-electron chi connectivity index (χ2n) is 5.07. The molecule has 2 rings (SSSR count). The van der Waals surface area contributed by atoms with Crippen LogP contribution in [0.3, 0.4) is 0 Å². The quantitative estimate of drug-likeness (QED) is 0.824. The van der Waals surface area contributed by atoms with Crippen molar-refractivity contribution in [2.24, 2.45) is 5.92 Å². The number of likely N-dealkylation sites (tertiary alicyclic amines) is 1. The summed E-state index contributed by atoms with van der Waals surface area (Å²) in [5, 5.41) is -0.407. The van der Waals surface area contributed by atoms with Gasteiger partial charge >= 0.3 is 0 Å². The topological polar surface area (TPSA) is 67.6 Å². The lowest BCUT2D eigenvalue weighted by Crippen LogP contribution is -2.57. The SMILES string of the molecule is CC(C)CS(=O)(=O)C1CN(C(=O)c2ccoc2)C1. The maximum Gasteiger partial charge on any atom is 0.257 e. The fourth-order valence-corrected chi connectivity index (χ4v) is 4.02. The zero-order chi connectivity index (χ0) is 13.3. The van der Waals surface area contributed by atoms with Crippen molar-refractivity contribution in [1.82, 2.24) is 4.90 Å². The molecular formula is C12H17NO4S. The molecule has 1 aromatic heterocycles. The summed E-state index contributed by atoms with van der Waals surface area (Å²) < 4.78 is 28.7. The standard InChI is InChI=1S/C12H17NO4S/c1-9(2)8-18(15,16)11-5-13(6-11)12(14)10-3-4-17-7-10/h3-4,7,9,11H,5-6,8H2,1-2H3. The molecule has 0 aliphatic carbocycles. The highest BCUT2D eigenvalue weighted by Crippen LogP contribution is 2.21. The summed E-state index contributed by atoms with van der Waals surface area (Å²) in [6, 6.07) is 1.58. The first kappa shape index (κ1) is 13.1. The van der Waals surface area contributed by atoms with E-state index in [1.807, 2.05) is 13.8 Å². The van der Waals surface area contributed by atoms with Gasteiger partial charge in [-0.2, -0.15) is 0 Å². The first-order valence-corrected chi connectivity index (χ1v) is 7.64. The number of hydrogen-bond acceptors (Lipinski definition) is 4. The normalized spacial score (nSPS) is 16.9. The molecule has 1 aromatic rings. The minimum Gasteiger partial charge on any atom is -0.472 e. The van der Waals surface area contributed by atoms with Gasteiger partial charge in [-0.05, 0) is 12.0 Å². The van der Waals surface area contributed by atoms with Crippen LogP contribution in [-0.4, -0.2) is 43.3 Å². The molecule has 0 N–H and O–H groups in total. The number of rotatable bonds is 4. The van der Waals surface area contributed by atoms with Gasteiger partial charge in [0.15, 0.2) is 9.84 Å². The van der Waals surface area contributed by atoms with Crippen LogP contribution in [0.5, 0.6) is 0 Å². The highest BCUT2D eigenvalue weighted by atomic mass is 32.2. The second kappa shape index (κ2) is 4.76. The Hall–Kier alpha value is -1.30. The third-order valence-corrected chi connectivity index (χ3v) is 5.42. The Kier molecular flexibility index (Phi) is 3.47. The van der Waals surface area contributed by atoms with Gasteiger partial charge in [-0.25, -0.2) is 8.42 Å². The molecule has 1 fully saturated rings. The van der Waals surface area contributed by atoms with E-state index in [2.05, 4.69) is 0 Å². The van der Waals surface area contributed by atoms with Crippen LogP contribution in [0, 0.1) is 5.92 Å². The Morgan fingerprint density at radius 1 is 1.50 bits per heavy atom. The number of carbonyl (C=O) groups excluding carboxylic acids is 1. The maximum absolute atomic E-state index is 11.9. The van der Waals surface area contributed by atoms with E-state index in [9.17, 15) is 13.2 Å². The van der Waals surface area contributed by atoms with E-state index in [0.29, 0.717) is 18.7 Å². The first-order valence-electron chi connectivity index (χ1n) is 5.93. The molecule has 0 spiro atoms. The van der Waals surface area contributed by atoms with Gasteiger partial charge in [0.25, 0.3) is 5.91 Å². The second-order valence-corrected chi connectivity index (χ2v) is 7.39. The zero-order valence-corrected chi connectivity index (χ0v) is 11.3. The number of carbonyl (C=O) groups is 1. The Bertz CT molecular complexity index is 512. The van der Waals surface area contributed by atoms with Gasteiger partial charge < -0.3 is 9.32 Å². The predicted octanol–water partition coefficient (Wildman–Crippen LogP) is 1.17. The average molecular weight is 271 g/mol. The van der Waals surface area contributed by atoms with Crippen molar-refractivity contribution in [2.75, 3.05) is 18.8 Å². The molecule has 18 heavy (non-hydrogen) atoms. The van der Waals surface area contributed by atoms with E-state index >= 15 is 0 Å². The molecule has 6 heteroatoms. The number of amides is 1. The van der Waals surface area contributed by atoms with Crippen LogP contribution in [0.25, 0.3) is 0 Å². The Balaban J connectivity index is 1.93. The van der Waals surface area contributed by atoms with Crippen molar-refractivity contribution in [2.45, 2.75) is 19.1 Å². The average Bonchev–Trinajstić information content (AvgIpc) is 2.63. The summed E-state index contributed by atoms with van der Waals surface area (Å²) in [5.74, 6) is 0.138. The lowest BCUT2D eigenvalue weighted by molar-refractivity contribution is 0.0658. The molecule has 5 nitrogen and oxygen atoms in total. The van der Waals surface area contributed by atoms with Crippen LogP contribution in [0.4, 0.5) is 0 Å². The third-order valence-electron chi connectivity index (χ3n) is 2.98. The highest BCUT2D eigenvalue weighted by Gasteiger charge is 2.40. The number of sulfone groups is 1. The van der Waals surface area contributed by atoms with Crippen LogP contribution in [0.1, 0.15) is 24.2 Å². The molecule has 2 heterocycles. The fraction of sp³-hybridized carbons (Fsp3) is 0.583. The summed E-state index contributed by atoms with van der Waals surface area (Å²) in [6.45, 7) is 4.34. The molecule has 0 atom stereocenters. The zero-order valence-electron chi connectivity index (χ0n) is 10.5.